The number of nitrogens with two attached hydrogens (primary N) is 1. The van der Waals surface area contributed by atoms with Gasteiger partial charge in [0, 0.05) is 155 Å². The van der Waals surface area contributed by atoms with Gasteiger partial charge in [-0.3, -0.25) is 36.3 Å². The van der Waals surface area contributed by atoms with Crippen molar-refractivity contribution < 1.29 is 4.52 Å². The maximum Gasteiger partial charge on any atom is 0.180 e. The zero-order valence-corrected chi connectivity index (χ0v) is 59.9. The average molecular weight is 1430 g/mol. The Bertz CT molecular complexity index is 5660. The smallest absolute Gasteiger partial charge is 0.180 e. The first-order chi connectivity index (χ1) is 50.7. The second-order valence-electron chi connectivity index (χ2n) is 26.2. The maximum absolute atomic E-state index is 6.07. The minimum Gasteiger partial charge on any atom is -0.359 e. The lowest BCUT2D eigenvalue weighted by Gasteiger charge is -2.23. The number of anilines is 8. The van der Waals surface area contributed by atoms with Crippen molar-refractivity contribution in [1.82, 2.24) is 121 Å². The number of aryl methyl sites for hydroxylation is 7. The molecule has 2 aliphatic heterocycles. The number of benzene rings is 1. The Morgan fingerprint density at radius 2 is 0.962 bits per heavy atom. The molecule has 0 amide bonds. The fourth-order valence-electron chi connectivity index (χ4n) is 13.4. The minimum atomic E-state index is 0.233. The highest BCUT2D eigenvalue weighted by atomic mass is 32.1. The van der Waals surface area contributed by atoms with Gasteiger partial charge in [-0.25, -0.2) is 39.9 Å². The van der Waals surface area contributed by atoms with Crippen molar-refractivity contribution >= 4 is 90.3 Å². The first-order valence-corrected chi connectivity index (χ1v) is 35.8. The normalized spacial score (nSPS) is 15.7. The van der Waals surface area contributed by atoms with Crippen LogP contribution in [0.5, 0.6) is 0 Å². The Hall–Kier alpha value is -11.9. The van der Waals surface area contributed by atoms with E-state index in [1.807, 2.05) is 161 Å². The van der Waals surface area contributed by atoms with E-state index in [0.29, 0.717) is 23.4 Å². The van der Waals surface area contributed by atoms with Crippen LogP contribution in [0.2, 0.25) is 0 Å². The van der Waals surface area contributed by atoms with Gasteiger partial charge in [0.05, 0.1) is 89.4 Å². The predicted molar refractivity (Wildman–Crippen MR) is 400 cm³/mol. The molecule has 3 aliphatic rings. The van der Waals surface area contributed by atoms with Gasteiger partial charge < -0.3 is 42.2 Å². The molecule has 3 atom stereocenters. The van der Waals surface area contributed by atoms with Gasteiger partial charge in [0.25, 0.3) is 0 Å². The summed E-state index contributed by atoms with van der Waals surface area (Å²) in [5.74, 6) is 4.47. The number of aromatic nitrogens is 23. The van der Waals surface area contributed by atoms with Crippen molar-refractivity contribution in [2.75, 3.05) is 47.4 Å². The quantitative estimate of drug-likeness (QED) is 0.0532. The average Bonchev–Trinajstić information content (AvgIpc) is 1.60. The number of piperidine rings is 2. The first kappa shape index (κ1) is 66.6. The van der Waals surface area contributed by atoms with Gasteiger partial charge in [-0.1, -0.05) is 11.2 Å². The Morgan fingerprint density at radius 3 is 1.44 bits per heavy atom. The van der Waals surface area contributed by atoms with Crippen LogP contribution in [0.3, 0.4) is 0 Å². The lowest BCUT2D eigenvalue weighted by Crippen LogP contribution is -2.29. The van der Waals surface area contributed by atoms with Crippen LogP contribution in [0, 0.1) is 20.8 Å². The van der Waals surface area contributed by atoms with Crippen LogP contribution in [-0.2, 0) is 41.0 Å². The Balaban J connectivity index is 0.000000107. The van der Waals surface area contributed by atoms with Crippen molar-refractivity contribution in [3.8, 4) is 45.0 Å². The highest BCUT2D eigenvalue weighted by Gasteiger charge is 2.25. The fourth-order valence-corrected chi connectivity index (χ4v) is 14.8. The Morgan fingerprint density at radius 1 is 0.490 bits per heavy atom. The minimum absolute atomic E-state index is 0.233. The van der Waals surface area contributed by atoms with E-state index in [1.54, 1.807) is 37.3 Å². The molecule has 8 N–H and O–H groups in total. The van der Waals surface area contributed by atoms with Crippen LogP contribution < -0.4 is 37.6 Å². The summed E-state index contributed by atoms with van der Waals surface area (Å²) in [7, 11) is 7.62. The van der Waals surface area contributed by atoms with Gasteiger partial charge in [0.15, 0.2) is 51.6 Å². The highest BCUT2D eigenvalue weighted by molar-refractivity contribution is 7.10. The largest absolute Gasteiger partial charge is 0.359 e. The number of fused-ring (bicyclic) bond motifs is 5. The molecule has 1 aromatic carbocycles. The molecule has 0 bridgehead atoms. The number of hydrogen-bond donors (Lipinski definition) is 7. The fraction of sp³-hybridized carbons (Fsp3) is 0.282. The van der Waals surface area contributed by atoms with E-state index < -0.39 is 0 Å². The highest BCUT2D eigenvalue weighted by Crippen LogP contribution is 2.35. The zero-order valence-electron chi connectivity index (χ0n) is 58.2. The monoisotopic (exact) mass is 1430 g/mol. The molecule has 31 nitrogen and oxygen atoms in total. The van der Waals surface area contributed by atoms with Crippen molar-refractivity contribution in [3.63, 3.8) is 0 Å². The number of imidazole rings is 4. The van der Waals surface area contributed by atoms with Crippen LogP contribution >= 0.6 is 23.1 Å². The van der Waals surface area contributed by atoms with Crippen molar-refractivity contribution in [1.29, 1.82) is 0 Å². The van der Waals surface area contributed by atoms with E-state index in [2.05, 4.69) is 136 Å². The molecule has 528 valence electrons. The van der Waals surface area contributed by atoms with Crippen LogP contribution in [0.1, 0.15) is 77.2 Å². The van der Waals surface area contributed by atoms with Crippen LogP contribution in [0.25, 0.3) is 67.6 Å². The molecule has 1 aliphatic carbocycles. The molecule has 19 rings (SSSR count). The summed E-state index contributed by atoms with van der Waals surface area (Å²) in [6, 6.07) is 10.8. The molecular formula is C71H76N30OS2. The van der Waals surface area contributed by atoms with E-state index in [-0.39, 0.29) is 6.04 Å². The molecule has 33 heteroatoms. The molecule has 0 radical (unpaired) electrons. The summed E-state index contributed by atoms with van der Waals surface area (Å²) in [5, 5.41) is 43.4. The first-order valence-electron chi connectivity index (χ1n) is 34.3. The van der Waals surface area contributed by atoms with Crippen molar-refractivity contribution in [3.05, 3.63) is 188 Å². The van der Waals surface area contributed by atoms with E-state index in [4.69, 9.17) is 15.2 Å². The van der Waals surface area contributed by atoms with Crippen molar-refractivity contribution in [2.45, 2.75) is 77.2 Å². The summed E-state index contributed by atoms with van der Waals surface area (Å²) < 4.78 is 29.5. The van der Waals surface area contributed by atoms with Crippen LogP contribution in [0.15, 0.2) is 153 Å². The third-order valence-corrected chi connectivity index (χ3v) is 20.1. The van der Waals surface area contributed by atoms with E-state index in [9.17, 15) is 0 Å². The summed E-state index contributed by atoms with van der Waals surface area (Å²) in [6.07, 6.45) is 42.4. The summed E-state index contributed by atoms with van der Waals surface area (Å²) in [5.41, 5.74) is 25.7. The third-order valence-electron chi connectivity index (χ3n) is 18.6. The second-order valence-corrected chi connectivity index (χ2v) is 27.8. The number of nitrogens with zero attached hydrogens (tertiary/aromatic N) is 23. The van der Waals surface area contributed by atoms with E-state index in [0.717, 1.165) is 175 Å². The molecular weight excluding hydrogens is 1350 g/mol. The third kappa shape index (κ3) is 14.0. The van der Waals surface area contributed by atoms with Gasteiger partial charge in [-0.15, -0.1) is 0 Å². The summed E-state index contributed by atoms with van der Waals surface area (Å²) >= 11 is 2.91. The van der Waals surface area contributed by atoms with Gasteiger partial charge in [-0.2, -0.15) is 29.1 Å². The van der Waals surface area contributed by atoms with Gasteiger partial charge in [0.1, 0.15) is 21.4 Å². The number of rotatable bonds is 14. The SMILES string of the molecule is Cc1cc(Nc2nc(C3CCCNC3)cn3c(-c4cnn(C)c4)cnc23)sn1.Cc1noc(C)c1Nc1nccn2c(-c3cnn(C)c3)cnc12.Cn1cc(-c2cnc3c(Nc4cc(C5CCCNC5)ns4)nccn23)cn1.Cn1cc(-c2cnc3c(Nc4ccc5c(c4)CC(N)C5)nccn23)cn1. The molecule has 0 spiro atoms. The Kier molecular flexibility index (Phi) is 18.5. The standard InChI is InChI=1S/C19H22N8S.C19H19N7.C18H20N8S.C15H15N7O/c1-12-6-17(28-25-12)24-18-19-21-9-16(14-8-22-26(2)10-14)27(19)11-15(23-18)13-4-3-5-20-7-13;1-25-11-14(9-23-25)17-10-22-19-18(21-4-5-26(17)19)24-16-3-2-12-6-15(20)7-13(12)8-16;1-25-11-13(9-22-25)15-10-21-18-17(20-5-6-26(15)18)23-16-7-14(24-27-16)12-3-2-4-19-8-12;1-9-13(10(2)23-20-9)19-14-15-17-7-12(22(15)5-4-16-14)11-6-18-21(3)8-11/h6,8-11,13,20H,3-5,7H2,1-2H3,(H,23,24);2-5,8-11,15H,6-7,20H2,1H3,(H,21,24);5-7,9-12,19H,2-4,8H2,1H3,(H,20,23);4-8H,1-3H3,(H,16,19). The maximum atomic E-state index is 6.07. The summed E-state index contributed by atoms with van der Waals surface area (Å²) in [4.78, 5) is 36.6. The Labute approximate surface area is 604 Å². The molecule has 0 saturated carbocycles. The summed E-state index contributed by atoms with van der Waals surface area (Å²) in [6.45, 7) is 9.87. The predicted octanol–water partition coefficient (Wildman–Crippen LogP) is 10.7. The second kappa shape index (κ2) is 28.8. The van der Waals surface area contributed by atoms with Crippen molar-refractivity contribution in [2.24, 2.45) is 33.9 Å². The van der Waals surface area contributed by atoms with Gasteiger partial charge >= 0.3 is 0 Å². The molecule has 16 aromatic rings. The topological polar surface area (TPSA) is 342 Å². The van der Waals surface area contributed by atoms with Gasteiger partial charge in [0.2, 0.25) is 0 Å². The molecule has 104 heavy (non-hydrogen) atoms. The molecule has 17 heterocycles. The number of hydrogen-bond acceptors (Lipinski definition) is 25. The van der Waals surface area contributed by atoms with Crippen LogP contribution in [-0.4, -0.2) is 143 Å². The lowest BCUT2D eigenvalue weighted by molar-refractivity contribution is 0.393. The van der Waals surface area contributed by atoms with Crippen LogP contribution in [0.4, 0.5) is 44.6 Å². The lowest BCUT2D eigenvalue weighted by atomic mass is 9.96. The zero-order chi connectivity index (χ0) is 71.0. The number of nitrogens with one attached hydrogen (secondary N) is 6. The van der Waals surface area contributed by atoms with E-state index >= 15 is 0 Å². The molecule has 3 unspecified atom stereocenters. The molecule has 15 aromatic heterocycles. The van der Waals surface area contributed by atoms with Gasteiger partial charge in [-0.05, 0) is 131 Å². The molecule has 2 saturated heterocycles. The molecule has 2 fully saturated rings. The van der Waals surface area contributed by atoms with E-state index in [1.165, 1.54) is 53.5 Å².